The molecule has 1 aromatic heterocycles. The van der Waals surface area contributed by atoms with Gasteiger partial charge in [0.05, 0.1) is 14.2 Å². The summed E-state index contributed by atoms with van der Waals surface area (Å²) < 4.78 is 14.3. The fourth-order valence-corrected chi connectivity index (χ4v) is 2.09. The summed E-state index contributed by atoms with van der Waals surface area (Å²) in [6, 6.07) is 4.70. The van der Waals surface area contributed by atoms with E-state index in [-0.39, 0.29) is 0 Å². The first kappa shape index (κ1) is 14.1. The minimum atomic E-state index is -0.395. The van der Waals surface area contributed by atoms with Gasteiger partial charge >= 0.3 is 6.03 Å². The number of urea groups is 1. The van der Waals surface area contributed by atoms with Crippen molar-refractivity contribution in [3.63, 3.8) is 0 Å². The maximum Gasteiger partial charge on any atom is 0.325 e. The molecule has 0 fully saturated rings. The Morgan fingerprint density at radius 1 is 1.20 bits per heavy atom. The average Bonchev–Trinajstić information content (AvgIpc) is 2.83. The number of carbonyl (C=O) groups excluding carboxylic acids is 1. The minimum absolute atomic E-state index is 0.395. The lowest BCUT2D eigenvalue weighted by atomic mass is 10.3. The number of nitrogens with zero attached hydrogens (tertiary/aromatic N) is 2. The summed E-state index contributed by atoms with van der Waals surface area (Å²) in [4.78, 5) is 15.8. The van der Waals surface area contributed by atoms with Gasteiger partial charge in [0.2, 0.25) is 5.13 Å². The topological polar surface area (TPSA) is 85.4 Å². The second-order valence-corrected chi connectivity index (χ2v) is 4.55. The number of anilines is 2. The summed E-state index contributed by atoms with van der Waals surface area (Å²) in [7, 11) is 3.08. The Morgan fingerprint density at radius 2 is 1.95 bits per heavy atom. The van der Waals surface area contributed by atoms with Crippen LogP contribution in [0, 0.1) is 6.92 Å². The molecule has 20 heavy (non-hydrogen) atoms. The van der Waals surface area contributed by atoms with Gasteiger partial charge in [0, 0.05) is 23.3 Å². The fraction of sp³-hybridized carbons (Fsp3) is 0.250. The molecule has 2 amide bonds. The molecule has 0 saturated carbocycles. The Morgan fingerprint density at radius 3 is 2.55 bits per heavy atom. The number of amides is 2. The predicted octanol–water partition coefficient (Wildman–Crippen LogP) is 2.51. The lowest BCUT2D eigenvalue weighted by molar-refractivity contribution is 0.262. The van der Waals surface area contributed by atoms with Gasteiger partial charge in [0.15, 0.2) is 11.5 Å². The first-order chi connectivity index (χ1) is 9.62. The second kappa shape index (κ2) is 6.20. The van der Waals surface area contributed by atoms with E-state index in [0.717, 1.165) is 11.5 Å². The fourth-order valence-electron chi connectivity index (χ4n) is 1.52. The Labute approximate surface area is 120 Å². The smallest absolute Gasteiger partial charge is 0.325 e. The quantitative estimate of drug-likeness (QED) is 0.905. The Bertz CT molecular complexity index is 614. The van der Waals surface area contributed by atoms with E-state index in [0.29, 0.717) is 28.1 Å². The highest BCUT2D eigenvalue weighted by atomic mass is 32.1. The number of aromatic nitrogens is 2. The zero-order valence-corrected chi connectivity index (χ0v) is 12.1. The van der Waals surface area contributed by atoms with Gasteiger partial charge in [-0.1, -0.05) is 0 Å². The van der Waals surface area contributed by atoms with Crippen LogP contribution >= 0.6 is 11.5 Å². The van der Waals surface area contributed by atoms with Gasteiger partial charge in [-0.05, 0) is 19.1 Å². The summed E-state index contributed by atoms with van der Waals surface area (Å²) >= 11 is 1.12. The van der Waals surface area contributed by atoms with Gasteiger partial charge in [-0.15, -0.1) is 0 Å². The van der Waals surface area contributed by atoms with Gasteiger partial charge in [0.25, 0.3) is 0 Å². The molecule has 0 unspecified atom stereocenters. The number of ether oxygens (including phenoxy) is 2. The Hall–Kier alpha value is -2.35. The van der Waals surface area contributed by atoms with E-state index in [4.69, 9.17) is 9.47 Å². The molecule has 1 heterocycles. The highest BCUT2D eigenvalue weighted by molar-refractivity contribution is 7.09. The van der Waals surface area contributed by atoms with E-state index in [1.165, 1.54) is 7.11 Å². The zero-order valence-electron chi connectivity index (χ0n) is 11.3. The van der Waals surface area contributed by atoms with Crippen LogP contribution in [0.3, 0.4) is 0 Å². The molecule has 0 saturated heterocycles. The number of nitrogens with one attached hydrogen (secondary N) is 2. The van der Waals surface area contributed by atoms with E-state index >= 15 is 0 Å². The van der Waals surface area contributed by atoms with Gasteiger partial charge in [0.1, 0.15) is 5.82 Å². The largest absolute Gasteiger partial charge is 0.493 e. The van der Waals surface area contributed by atoms with Gasteiger partial charge in [-0.2, -0.15) is 4.37 Å². The number of carbonyl (C=O) groups is 1. The molecule has 7 nitrogen and oxygen atoms in total. The monoisotopic (exact) mass is 294 g/mol. The molecule has 2 aromatic rings. The van der Waals surface area contributed by atoms with E-state index in [1.807, 2.05) is 0 Å². The molecule has 0 bridgehead atoms. The molecular formula is C12H14N4O3S. The summed E-state index contributed by atoms with van der Waals surface area (Å²) in [5.41, 5.74) is 0.585. The van der Waals surface area contributed by atoms with Gasteiger partial charge in [-0.3, -0.25) is 5.32 Å². The third kappa shape index (κ3) is 3.35. The summed E-state index contributed by atoms with van der Waals surface area (Å²) in [5, 5.41) is 5.72. The first-order valence-electron chi connectivity index (χ1n) is 5.72. The third-order valence-corrected chi connectivity index (χ3v) is 3.11. The number of methoxy groups -OCH3 is 2. The molecule has 2 N–H and O–H groups in total. The van der Waals surface area contributed by atoms with Crippen LogP contribution in [0.25, 0.3) is 0 Å². The second-order valence-electron chi connectivity index (χ2n) is 3.80. The molecule has 0 radical (unpaired) electrons. The molecule has 0 spiro atoms. The Kier molecular flexibility index (Phi) is 4.36. The molecule has 2 rings (SSSR count). The lowest BCUT2D eigenvalue weighted by Crippen LogP contribution is -2.19. The van der Waals surface area contributed by atoms with Crippen molar-refractivity contribution in [3.05, 3.63) is 24.0 Å². The molecule has 0 aliphatic rings. The van der Waals surface area contributed by atoms with Crippen molar-refractivity contribution in [3.8, 4) is 11.5 Å². The van der Waals surface area contributed by atoms with Gasteiger partial charge < -0.3 is 14.8 Å². The van der Waals surface area contributed by atoms with Crippen molar-refractivity contribution in [2.75, 3.05) is 24.9 Å². The number of aryl methyl sites for hydroxylation is 1. The Balaban J connectivity index is 2.04. The highest BCUT2D eigenvalue weighted by Gasteiger charge is 2.09. The number of hydrogen-bond donors (Lipinski definition) is 2. The molecule has 1 aromatic carbocycles. The summed E-state index contributed by atoms with van der Waals surface area (Å²) in [5.74, 6) is 1.76. The van der Waals surface area contributed by atoms with Crippen LogP contribution in [0.15, 0.2) is 18.2 Å². The normalized spacial score (nSPS) is 9.95. The van der Waals surface area contributed by atoms with Crippen LogP contribution < -0.4 is 20.1 Å². The van der Waals surface area contributed by atoms with E-state index in [1.54, 1.807) is 32.2 Å². The van der Waals surface area contributed by atoms with E-state index in [9.17, 15) is 4.79 Å². The van der Waals surface area contributed by atoms with Crippen molar-refractivity contribution >= 4 is 28.4 Å². The van der Waals surface area contributed by atoms with Gasteiger partial charge in [-0.25, -0.2) is 9.78 Å². The van der Waals surface area contributed by atoms with Crippen molar-refractivity contribution in [2.45, 2.75) is 6.92 Å². The molecule has 0 aliphatic heterocycles. The van der Waals surface area contributed by atoms with Crippen molar-refractivity contribution in [1.82, 2.24) is 9.36 Å². The van der Waals surface area contributed by atoms with Crippen LogP contribution in [0.1, 0.15) is 5.82 Å². The SMILES string of the molecule is COc1ccc(NC(=O)Nc2nc(C)ns2)cc1OC. The molecule has 8 heteroatoms. The van der Waals surface area contributed by atoms with Crippen LogP contribution in [0.5, 0.6) is 11.5 Å². The van der Waals surface area contributed by atoms with E-state index < -0.39 is 6.03 Å². The molecule has 0 aliphatic carbocycles. The van der Waals surface area contributed by atoms with Crippen LogP contribution in [0.4, 0.5) is 15.6 Å². The number of benzene rings is 1. The molecular weight excluding hydrogens is 280 g/mol. The highest BCUT2D eigenvalue weighted by Crippen LogP contribution is 2.29. The summed E-state index contributed by atoms with van der Waals surface area (Å²) in [6.07, 6.45) is 0. The molecule has 106 valence electrons. The maximum atomic E-state index is 11.8. The van der Waals surface area contributed by atoms with Crippen LogP contribution in [-0.4, -0.2) is 29.6 Å². The van der Waals surface area contributed by atoms with Crippen LogP contribution in [-0.2, 0) is 0 Å². The first-order valence-corrected chi connectivity index (χ1v) is 6.50. The average molecular weight is 294 g/mol. The van der Waals surface area contributed by atoms with Crippen molar-refractivity contribution in [1.29, 1.82) is 0 Å². The summed E-state index contributed by atoms with van der Waals surface area (Å²) in [6.45, 7) is 1.76. The molecule has 0 atom stereocenters. The van der Waals surface area contributed by atoms with E-state index in [2.05, 4.69) is 20.0 Å². The predicted molar refractivity (Wildman–Crippen MR) is 76.8 cm³/mol. The van der Waals surface area contributed by atoms with Crippen LogP contribution in [0.2, 0.25) is 0 Å². The standard InChI is InChI=1S/C12H14N4O3S/c1-7-13-12(20-16-7)15-11(17)14-8-4-5-9(18-2)10(6-8)19-3/h4-6H,1-3H3,(H2,13,14,15,16,17). The third-order valence-electron chi connectivity index (χ3n) is 2.39. The minimum Gasteiger partial charge on any atom is -0.493 e. The van der Waals surface area contributed by atoms with Crippen molar-refractivity contribution < 1.29 is 14.3 Å². The number of hydrogen-bond acceptors (Lipinski definition) is 6. The lowest BCUT2D eigenvalue weighted by Gasteiger charge is -2.10. The zero-order chi connectivity index (χ0) is 14.5. The maximum absolute atomic E-state index is 11.8. The van der Waals surface area contributed by atoms with Crippen molar-refractivity contribution in [2.24, 2.45) is 0 Å². The number of rotatable bonds is 4.